The second kappa shape index (κ2) is 1.20. The molecule has 1 fully saturated rings. The number of aliphatic hydroxyl groups excluding tert-OH is 1. The number of hydrogen-bond acceptors (Lipinski definition) is 2. The molecule has 0 aromatic carbocycles. The molecule has 2 atom stereocenters. The molecule has 0 aliphatic heterocycles. The van der Waals surface area contributed by atoms with Crippen molar-refractivity contribution >= 4 is 0 Å². The maximum atomic E-state index is 8.81. The standard InChI is InChI=1S/C5H11NO/c1-5(3-6)2-4(5)7/h4,7H,2-3,6H2,1H3. The summed E-state index contributed by atoms with van der Waals surface area (Å²) < 4.78 is 0. The van der Waals surface area contributed by atoms with Gasteiger partial charge in [-0.1, -0.05) is 6.92 Å². The average Bonchev–Trinajstić information content (AvgIpc) is 2.18. The fourth-order valence-corrected chi connectivity index (χ4v) is 0.602. The first kappa shape index (κ1) is 5.06. The Morgan fingerprint density at radius 3 is 2.43 bits per heavy atom. The van der Waals surface area contributed by atoms with E-state index in [2.05, 4.69) is 0 Å². The molecule has 0 amide bonds. The van der Waals surface area contributed by atoms with E-state index in [1.165, 1.54) is 0 Å². The Labute approximate surface area is 43.3 Å². The highest BCUT2D eigenvalue weighted by atomic mass is 16.3. The third-order valence-corrected chi connectivity index (χ3v) is 1.77. The molecule has 0 saturated heterocycles. The number of hydrogen-bond donors (Lipinski definition) is 2. The summed E-state index contributed by atoms with van der Waals surface area (Å²) in [4.78, 5) is 0. The molecule has 2 heteroatoms. The number of aliphatic hydroxyl groups is 1. The molecule has 7 heavy (non-hydrogen) atoms. The zero-order valence-electron chi connectivity index (χ0n) is 4.52. The Bertz CT molecular complexity index is 80.1. The van der Waals surface area contributed by atoms with Crippen LogP contribution in [0.2, 0.25) is 0 Å². The van der Waals surface area contributed by atoms with Crippen LogP contribution >= 0.6 is 0 Å². The van der Waals surface area contributed by atoms with Crippen LogP contribution in [0.3, 0.4) is 0 Å². The van der Waals surface area contributed by atoms with Crippen molar-refractivity contribution in [3.63, 3.8) is 0 Å². The summed E-state index contributed by atoms with van der Waals surface area (Å²) in [5.41, 5.74) is 5.38. The zero-order chi connectivity index (χ0) is 5.49. The van der Waals surface area contributed by atoms with Crippen LogP contribution in [0.25, 0.3) is 0 Å². The third kappa shape index (κ3) is 0.640. The van der Waals surface area contributed by atoms with Gasteiger partial charge in [0, 0.05) is 12.0 Å². The molecule has 0 radical (unpaired) electrons. The van der Waals surface area contributed by atoms with Crippen molar-refractivity contribution in [2.75, 3.05) is 6.54 Å². The monoisotopic (exact) mass is 101 g/mol. The fraction of sp³-hybridized carbons (Fsp3) is 1.00. The first-order chi connectivity index (χ1) is 3.19. The first-order valence-corrected chi connectivity index (χ1v) is 2.57. The Hall–Kier alpha value is -0.0800. The summed E-state index contributed by atoms with van der Waals surface area (Å²) in [5.74, 6) is 0. The summed E-state index contributed by atoms with van der Waals surface area (Å²) in [6.07, 6.45) is 0.779. The van der Waals surface area contributed by atoms with Gasteiger partial charge in [-0.2, -0.15) is 0 Å². The highest BCUT2D eigenvalue weighted by molar-refractivity contribution is 4.99. The van der Waals surface area contributed by atoms with Gasteiger partial charge in [-0.05, 0) is 6.42 Å². The fourth-order valence-electron chi connectivity index (χ4n) is 0.602. The molecule has 0 aromatic rings. The summed E-state index contributed by atoms with van der Waals surface area (Å²) in [6, 6.07) is 0. The molecule has 0 heterocycles. The van der Waals surface area contributed by atoms with Crippen molar-refractivity contribution in [3.8, 4) is 0 Å². The summed E-state index contributed by atoms with van der Waals surface area (Å²) in [7, 11) is 0. The average molecular weight is 101 g/mol. The van der Waals surface area contributed by atoms with E-state index in [0.29, 0.717) is 6.54 Å². The van der Waals surface area contributed by atoms with Crippen molar-refractivity contribution in [3.05, 3.63) is 0 Å². The van der Waals surface area contributed by atoms with Crippen LogP contribution in [0.5, 0.6) is 0 Å². The molecule has 42 valence electrons. The maximum Gasteiger partial charge on any atom is 0.0613 e. The lowest BCUT2D eigenvalue weighted by Crippen LogP contribution is -2.15. The smallest absolute Gasteiger partial charge is 0.0613 e. The van der Waals surface area contributed by atoms with Gasteiger partial charge in [-0.15, -0.1) is 0 Å². The quantitative estimate of drug-likeness (QED) is 0.477. The van der Waals surface area contributed by atoms with Crippen LogP contribution in [-0.2, 0) is 0 Å². The molecule has 0 bridgehead atoms. The zero-order valence-corrected chi connectivity index (χ0v) is 4.52. The molecule has 1 saturated carbocycles. The van der Waals surface area contributed by atoms with Crippen LogP contribution in [0, 0.1) is 5.41 Å². The summed E-state index contributed by atoms with van der Waals surface area (Å²) in [6.45, 7) is 2.62. The van der Waals surface area contributed by atoms with E-state index in [-0.39, 0.29) is 11.5 Å². The van der Waals surface area contributed by atoms with E-state index in [1.54, 1.807) is 0 Å². The van der Waals surface area contributed by atoms with Gasteiger partial charge in [0.15, 0.2) is 0 Å². The summed E-state index contributed by atoms with van der Waals surface area (Å²) in [5, 5.41) is 8.81. The lowest BCUT2D eigenvalue weighted by atomic mass is 10.1. The van der Waals surface area contributed by atoms with Crippen molar-refractivity contribution in [1.29, 1.82) is 0 Å². The minimum Gasteiger partial charge on any atom is -0.392 e. The van der Waals surface area contributed by atoms with E-state index in [4.69, 9.17) is 10.8 Å². The van der Waals surface area contributed by atoms with Gasteiger partial charge in [0.1, 0.15) is 0 Å². The van der Waals surface area contributed by atoms with E-state index in [9.17, 15) is 0 Å². The SMILES string of the molecule is CC1(CN)CC1O. The van der Waals surface area contributed by atoms with Crippen LogP contribution in [0.4, 0.5) is 0 Å². The van der Waals surface area contributed by atoms with Crippen molar-refractivity contribution in [1.82, 2.24) is 0 Å². The van der Waals surface area contributed by atoms with Gasteiger partial charge < -0.3 is 10.8 Å². The predicted octanol–water partition coefficient (Wildman–Crippen LogP) is -0.284. The lowest BCUT2D eigenvalue weighted by Gasteiger charge is -1.99. The predicted molar refractivity (Wildman–Crippen MR) is 27.8 cm³/mol. The van der Waals surface area contributed by atoms with Crippen LogP contribution < -0.4 is 5.73 Å². The molecule has 1 rings (SSSR count). The Morgan fingerprint density at radius 2 is 2.43 bits per heavy atom. The third-order valence-electron chi connectivity index (χ3n) is 1.77. The molecular weight excluding hydrogens is 90.1 g/mol. The van der Waals surface area contributed by atoms with Crippen LogP contribution in [-0.4, -0.2) is 17.8 Å². The second-order valence-electron chi connectivity index (χ2n) is 2.58. The van der Waals surface area contributed by atoms with E-state index < -0.39 is 0 Å². The van der Waals surface area contributed by atoms with Gasteiger partial charge in [0.05, 0.1) is 6.10 Å². The number of rotatable bonds is 1. The Kier molecular flexibility index (Phi) is 0.869. The molecule has 2 unspecified atom stereocenters. The van der Waals surface area contributed by atoms with Crippen molar-refractivity contribution < 1.29 is 5.11 Å². The highest BCUT2D eigenvalue weighted by Gasteiger charge is 2.47. The molecule has 2 nitrogen and oxygen atoms in total. The molecule has 0 spiro atoms. The Morgan fingerprint density at radius 1 is 2.00 bits per heavy atom. The molecule has 3 N–H and O–H groups in total. The Balaban J connectivity index is 2.36. The van der Waals surface area contributed by atoms with E-state index in [0.717, 1.165) is 6.42 Å². The normalized spacial score (nSPS) is 49.3. The van der Waals surface area contributed by atoms with Crippen molar-refractivity contribution in [2.45, 2.75) is 19.4 Å². The first-order valence-electron chi connectivity index (χ1n) is 2.57. The summed E-state index contributed by atoms with van der Waals surface area (Å²) >= 11 is 0. The van der Waals surface area contributed by atoms with E-state index >= 15 is 0 Å². The maximum absolute atomic E-state index is 8.81. The molecule has 0 aromatic heterocycles. The van der Waals surface area contributed by atoms with Gasteiger partial charge >= 0.3 is 0 Å². The van der Waals surface area contributed by atoms with Crippen LogP contribution in [0.1, 0.15) is 13.3 Å². The van der Waals surface area contributed by atoms with Gasteiger partial charge in [0.25, 0.3) is 0 Å². The molecule has 1 aliphatic carbocycles. The minimum absolute atomic E-state index is 0.0833. The second-order valence-corrected chi connectivity index (χ2v) is 2.58. The topological polar surface area (TPSA) is 46.2 Å². The van der Waals surface area contributed by atoms with Crippen molar-refractivity contribution in [2.24, 2.45) is 11.1 Å². The van der Waals surface area contributed by atoms with Crippen LogP contribution in [0.15, 0.2) is 0 Å². The van der Waals surface area contributed by atoms with Gasteiger partial charge in [-0.25, -0.2) is 0 Å². The molecule has 1 aliphatic rings. The molecular formula is C5H11NO. The van der Waals surface area contributed by atoms with E-state index in [1.807, 2.05) is 6.92 Å². The van der Waals surface area contributed by atoms with Gasteiger partial charge in [0.2, 0.25) is 0 Å². The lowest BCUT2D eigenvalue weighted by molar-refractivity contribution is 0.230. The number of nitrogens with two attached hydrogens (primary N) is 1. The highest BCUT2D eigenvalue weighted by Crippen LogP contribution is 2.43. The minimum atomic E-state index is -0.113. The largest absolute Gasteiger partial charge is 0.392 e. The van der Waals surface area contributed by atoms with Gasteiger partial charge in [-0.3, -0.25) is 0 Å².